The molecule has 3 heterocycles. The first-order valence-corrected chi connectivity index (χ1v) is 11.6. The van der Waals surface area contributed by atoms with Crippen LogP contribution in [0.4, 0.5) is 0 Å². The van der Waals surface area contributed by atoms with Crippen LogP contribution in [0.5, 0.6) is 23.0 Å². The van der Waals surface area contributed by atoms with Crippen LogP contribution in [0.15, 0.2) is 34.8 Å². The number of hydrogen-bond donors (Lipinski definition) is 2. The van der Waals surface area contributed by atoms with Crippen molar-refractivity contribution in [3.05, 3.63) is 46.1 Å². The van der Waals surface area contributed by atoms with Gasteiger partial charge < -0.3 is 34.1 Å². The molecular formula is C24H24BrN3O6. The summed E-state index contributed by atoms with van der Waals surface area (Å²) in [4.78, 5) is 30.9. The molecule has 2 amide bonds. The first-order valence-electron chi connectivity index (χ1n) is 10.8. The fraction of sp³-hybridized carbons (Fsp3) is 0.333. The molecule has 5 rings (SSSR count). The zero-order chi connectivity index (χ0) is 24.0. The van der Waals surface area contributed by atoms with Crippen LogP contribution in [0.1, 0.15) is 33.7 Å². The van der Waals surface area contributed by atoms with Crippen LogP contribution in [0.25, 0.3) is 10.9 Å². The highest BCUT2D eigenvalue weighted by Crippen LogP contribution is 2.43. The van der Waals surface area contributed by atoms with Gasteiger partial charge in [-0.25, -0.2) is 0 Å². The van der Waals surface area contributed by atoms with Gasteiger partial charge in [-0.15, -0.1) is 0 Å². The SMILES string of the molecule is COc1cc2cc(C(=O)N3CCC4(CC3)NC(=O)c3cc(Br)ccc3O4)[nH]c2c(OC)c1OC. The molecule has 9 nitrogen and oxygen atoms in total. The monoisotopic (exact) mass is 529 g/mol. The number of fused-ring (bicyclic) bond motifs is 2. The second-order valence-corrected chi connectivity index (χ2v) is 9.19. The fourth-order valence-electron chi connectivity index (χ4n) is 4.61. The zero-order valence-electron chi connectivity index (χ0n) is 19.0. The Morgan fingerprint density at radius 2 is 1.79 bits per heavy atom. The molecule has 0 bridgehead atoms. The van der Waals surface area contributed by atoms with E-state index in [-0.39, 0.29) is 11.8 Å². The molecule has 3 aromatic rings. The minimum Gasteiger partial charge on any atom is -0.493 e. The van der Waals surface area contributed by atoms with Crippen LogP contribution in [-0.4, -0.2) is 61.8 Å². The second-order valence-electron chi connectivity index (χ2n) is 8.28. The van der Waals surface area contributed by atoms with E-state index in [4.69, 9.17) is 18.9 Å². The number of ether oxygens (including phenoxy) is 4. The van der Waals surface area contributed by atoms with Crippen LogP contribution >= 0.6 is 15.9 Å². The highest BCUT2D eigenvalue weighted by Gasteiger charge is 2.43. The van der Waals surface area contributed by atoms with Crippen molar-refractivity contribution in [1.29, 1.82) is 0 Å². The van der Waals surface area contributed by atoms with E-state index in [9.17, 15) is 9.59 Å². The number of methoxy groups -OCH3 is 3. The van der Waals surface area contributed by atoms with Gasteiger partial charge in [-0.3, -0.25) is 9.59 Å². The van der Waals surface area contributed by atoms with E-state index in [0.29, 0.717) is 65.7 Å². The number of nitrogens with zero attached hydrogens (tertiary/aromatic N) is 1. The van der Waals surface area contributed by atoms with Gasteiger partial charge in [0.05, 0.1) is 32.4 Å². The maximum absolute atomic E-state index is 13.3. The summed E-state index contributed by atoms with van der Waals surface area (Å²) in [7, 11) is 4.63. The molecule has 2 N–H and O–H groups in total. The quantitative estimate of drug-likeness (QED) is 0.534. The number of hydrogen-bond acceptors (Lipinski definition) is 6. The molecule has 0 radical (unpaired) electrons. The maximum Gasteiger partial charge on any atom is 0.270 e. The van der Waals surface area contributed by atoms with Crippen molar-refractivity contribution >= 4 is 38.6 Å². The number of aromatic nitrogens is 1. The maximum atomic E-state index is 13.3. The Balaban J connectivity index is 1.36. The molecule has 1 aromatic heterocycles. The van der Waals surface area contributed by atoms with Gasteiger partial charge in [0.25, 0.3) is 11.8 Å². The standard InChI is InChI=1S/C24H24BrN3O6/c1-31-18-11-13-10-16(26-19(13)21(33-3)20(18)32-2)23(30)28-8-6-24(7-9-28)27-22(29)15-12-14(25)4-5-17(15)34-24/h4-5,10-12,26H,6-9H2,1-3H3,(H,27,29). The lowest BCUT2D eigenvalue weighted by molar-refractivity contribution is -0.0246. The summed E-state index contributed by atoms with van der Waals surface area (Å²) in [6, 6.07) is 8.95. The second kappa shape index (κ2) is 8.43. The van der Waals surface area contributed by atoms with Crippen LogP contribution in [0.3, 0.4) is 0 Å². The number of carbonyl (C=O) groups is 2. The Hall–Kier alpha value is -3.40. The van der Waals surface area contributed by atoms with Gasteiger partial charge >= 0.3 is 0 Å². The molecular weight excluding hydrogens is 506 g/mol. The Morgan fingerprint density at radius 3 is 2.47 bits per heavy atom. The number of halogens is 1. The summed E-state index contributed by atoms with van der Waals surface area (Å²) in [5.74, 6) is 1.68. The van der Waals surface area contributed by atoms with Crippen LogP contribution in [-0.2, 0) is 0 Å². The van der Waals surface area contributed by atoms with Crippen molar-refractivity contribution in [3.8, 4) is 23.0 Å². The minimum atomic E-state index is -0.820. The van der Waals surface area contributed by atoms with Gasteiger partial charge in [0, 0.05) is 35.8 Å². The van der Waals surface area contributed by atoms with E-state index in [0.717, 1.165) is 9.86 Å². The average Bonchev–Trinajstić information content (AvgIpc) is 3.27. The molecule has 1 spiro atoms. The third kappa shape index (κ3) is 3.62. The number of rotatable bonds is 4. The minimum absolute atomic E-state index is 0.141. The lowest BCUT2D eigenvalue weighted by atomic mass is 9.96. The molecule has 0 saturated carbocycles. The van der Waals surface area contributed by atoms with E-state index in [1.165, 1.54) is 7.11 Å². The van der Waals surface area contributed by atoms with Gasteiger partial charge in [0.1, 0.15) is 11.4 Å². The first kappa shape index (κ1) is 22.4. The third-order valence-corrected chi connectivity index (χ3v) is 6.83. The van der Waals surface area contributed by atoms with Crippen molar-refractivity contribution in [1.82, 2.24) is 15.2 Å². The van der Waals surface area contributed by atoms with Crippen molar-refractivity contribution in [3.63, 3.8) is 0 Å². The number of amides is 2. The Kier molecular flexibility index (Phi) is 5.55. The van der Waals surface area contributed by atoms with Gasteiger partial charge in [-0.1, -0.05) is 15.9 Å². The fourth-order valence-corrected chi connectivity index (χ4v) is 4.97. The van der Waals surface area contributed by atoms with Crippen LogP contribution < -0.4 is 24.3 Å². The van der Waals surface area contributed by atoms with Gasteiger partial charge in [0.2, 0.25) is 5.75 Å². The molecule has 1 fully saturated rings. The third-order valence-electron chi connectivity index (χ3n) is 6.34. The average molecular weight is 530 g/mol. The molecule has 2 aliphatic heterocycles. The molecule has 10 heteroatoms. The molecule has 34 heavy (non-hydrogen) atoms. The first-order chi connectivity index (χ1) is 16.4. The van der Waals surface area contributed by atoms with E-state index in [1.54, 1.807) is 43.4 Å². The van der Waals surface area contributed by atoms with Crippen molar-refractivity contribution < 1.29 is 28.5 Å². The predicted molar refractivity (Wildman–Crippen MR) is 128 cm³/mol. The predicted octanol–water partition coefficient (Wildman–Crippen LogP) is 3.71. The highest BCUT2D eigenvalue weighted by atomic mass is 79.9. The Morgan fingerprint density at radius 1 is 1.06 bits per heavy atom. The summed E-state index contributed by atoms with van der Waals surface area (Å²) in [6.07, 6.45) is 0.955. The summed E-state index contributed by atoms with van der Waals surface area (Å²) in [5.41, 5.74) is 0.765. The molecule has 0 unspecified atom stereocenters. The van der Waals surface area contributed by atoms with Crippen molar-refractivity contribution in [2.45, 2.75) is 18.6 Å². The normalized spacial score (nSPS) is 16.6. The number of benzene rings is 2. The molecule has 1 saturated heterocycles. The molecule has 0 atom stereocenters. The van der Waals surface area contributed by atoms with E-state index < -0.39 is 5.72 Å². The van der Waals surface area contributed by atoms with Gasteiger partial charge in [-0.2, -0.15) is 0 Å². The number of H-pyrrole nitrogens is 1. The topological polar surface area (TPSA) is 102 Å². The van der Waals surface area contributed by atoms with Gasteiger partial charge in [0.15, 0.2) is 17.2 Å². The molecule has 178 valence electrons. The molecule has 2 aromatic carbocycles. The summed E-state index contributed by atoms with van der Waals surface area (Å²) >= 11 is 3.38. The zero-order valence-corrected chi connectivity index (χ0v) is 20.6. The van der Waals surface area contributed by atoms with Crippen molar-refractivity contribution in [2.24, 2.45) is 0 Å². The summed E-state index contributed by atoms with van der Waals surface area (Å²) in [5, 5.41) is 3.78. The summed E-state index contributed by atoms with van der Waals surface area (Å²) < 4.78 is 23.4. The number of piperidine rings is 1. The number of likely N-dealkylation sites (tertiary alicyclic amines) is 1. The highest BCUT2D eigenvalue weighted by molar-refractivity contribution is 9.10. The molecule has 2 aliphatic rings. The van der Waals surface area contributed by atoms with Crippen LogP contribution in [0, 0.1) is 0 Å². The largest absolute Gasteiger partial charge is 0.493 e. The van der Waals surface area contributed by atoms with E-state index in [2.05, 4.69) is 26.2 Å². The number of carbonyl (C=O) groups excluding carboxylic acids is 2. The smallest absolute Gasteiger partial charge is 0.270 e. The summed E-state index contributed by atoms with van der Waals surface area (Å²) in [6.45, 7) is 0.869. The van der Waals surface area contributed by atoms with Crippen LogP contribution in [0.2, 0.25) is 0 Å². The van der Waals surface area contributed by atoms with Gasteiger partial charge in [-0.05, 0) is 30.3 Å². The Bertz CT molecular complexity index is 1300. The number of nitrogens with one attached hydrogen (secondary N) is 2. The Labute approximate surface area is 204 Å². The van der Waals surface area contributed by atoms with Crippen molar-refractivity contribution in [2.75, 3.05) is 34.4 Å². The lowest BCUT2D eigenvalue weighted by Crippen LogP contribution is -2.61. The molecule has 0 aliphatic carbocycles. The van der Waals surface area contributed by atoms with E-state index >= 15 is 0 Å². The van der Waals surface area contributed by atoms with E-state index in [1.807, 2.05) is 6.07 Å². The lowest BCUT2D eigenvalue weighted by Gasteiger charge is -2.44. The number of aromatic amines is 1.